The molecule has 2 heterocycles. The van der Waals surface area contributed by atoms with Crippen LogP contribution in [0.1, 0.15) is 5.56 Å². The minimum Gasteiger partial charge on any atom is -0.378 e. The van der Waals surface area contributed by atoms with Gasteiger partial charge in [-0.25, -0.2) is 4.99 Å². The first-order valence-corrected chi connectivity index (χ1v) is 10.5. The summed E-state index contributed by atoms with van der Waals surface area (Å²) in [6, 6.07) is 9.70. The van der Waals surface area contributed by atoms with Crippen LogP contribution in [0.2, 0.25) is 0 Å². The number of halogens is 1. The third-order valence-corrected chi connectivity index (χ3v) is 6.05. The van der Waals surface area contributed by atoms with Crippen molar-refractivity contribution >= 4 is 46.5 Å². The number of morpholine rings is 1. The fraction of sp³-hybridized carbons (Fsp3) is 0.286. The Balaban J connectivity index is 1.66. The number of ether oxygens (including phenoxy) is 1. The Hall–Kier alpha value is -2.15. The van der Waals surface area contributed by atoms with Crippen LogP contribution in [0, 0.1) is 0 Å². The summed E-state index contributed by atoms with van der Waals surface area (Å²) < 4.78 is 5.30. The van der Waals surface area contributed by atoms with Crippen molar-refractivity contribution in [3.05, 3.63) is 64.6 Å². The molecule has 1 aromatic carbocycles. The number of dihydropyridines is 1. The van der Waals surface area contributed by atoms with Crippen LogP contribution in [0.3, 0.4) is 0 Å². The van der Waals surface area contributed by atoms with E-state index in [1.54, 1.807) is 17.1 Å². The summed E-state index contributed by atoms with van der Waals surface area (Å²) in [6.07, 6.45) is 5.49. The van der Waals surface area contributed by atoms with Gasteiger partial charge in [0.25, 0.3) is 5.91 Å². The predicted octanol–water partition coefficient (Wildman–Crippen LogP) is 3.07. The Kier molecular flexibility index (Phi) is 5.80. The summed E-state index contributed by atoms with van der Waals surface area (Å²) in [6.45, 7) is 2.28. The Labute approximate surface area is 172 Å². The minimum atomic E-state index is -0.316. The lowest BCUT2D eigenvalue weighted by Crippen LogP contribution is -2.41. The molecule has 1 atom stereocenters. The normalized spacial score (nSPS) is 22.0. The number of nitrogens with zero attached hydrogens (tertiary/aromatic N) is 2. The molecule has 3 aliphatic rings. The van der Waals surface area contributed by atoms with E-state index in [4.69, 9.17) is 16.3 Å². The number of hydrogen-bond acceptors (Lipinski definition) is 4. The van der Waals surface area contributed by atoms with Gasteiger partial charge in [0, 0.05) is 24.2 Å². The first-order chi connectivity index (χ1) is 13.6. The van der Waals surface area contributed by atoms with Crippen LogP contribution >= 0.6 is 23.4 Å². The quantitative estimate of drug-likeness (QED) is 0.710. The lowest BCUT2D eigenvalue weighted by atomic mass is 9.88. The van der Waals surface area contributed by atoms with E-state index in [1.807, 2.05) is 36.4 Å². The molecule has 2 aliphatic heterocycles. The van der Waals surface area contributed by atoms with Gasteiger partial charge in [0.15, 0.2) is 0 Å². The van der Waals surface area contributed by atoms with E-state index in [0.29, 0.717) is 36.9 Å². The molecule has 1 saturated heterocycles. The molecule has 4 rings (SSSR count). The van der Waals surface area contributed by atoms with Crippen LogP contribution in [0.25, 0.3) is 5.57 Å². The van der Waals surface area contributed by atoms with Crippen LogP contribution in [-0.2, 0) is 14.3 Å². The summed E-state index contributed by atoms with van der Waals surface area (Å²) >= 11 is 7.55. The zero-order chi connectivity index (χ0) is 19.5. The molecule has 144 valence electrons. The maximum Gasteiger partial charge on any atom is 0.284 e. The molecule has 0 radical (unpaired) electrons. The van der Waals surface area contributed by atoms with Crippen molar-refractivity contribution in [2.24, 2.45) is 4.99 Å². The topological polar surface area (TPSA) is 59.0 Å². The third kappa shape index (κ3) is 3.99. The Morgan fingerprint density at radius 3 is 2.75 bits per heavy atom. The second kappa shape index (κ2) is 8.47. The molecule has 0 aromatic heterocycles. The number of allylic oxidation sites excluding steroid dienone is 5. The van der Waals surface area contributed by atoms with Crippen molar-refractivity contribution in [2.45, 2.75) is 5.38 Å². The SMILES string of the molecule is O=C1N=C2C=CC(Cl)C=C2C(c2ccccc2)=C1SCC(=O)N1CCOCC1. The van der Waals surface area contributed by atoms with Gasteiger partial charge in [0.2, 0.25) is 5.91 Å². The van der Waals surface area contributed by atoms with E-state index >= 15 is 0 Å². The van der Waals surface area contributed by atoms with Crippen LogP contribution in [0.15, 0.2) is 64.0 Å². The summed E-state index contributed by atoms with van der Waals surface area (Å²) in [5.74, 6) is -0.123. The molecular weight excluding hydrogens is 396 g/mol. The highest BCUT2D eigenvalue weighted by atomic mass is 35.5. The minimum absolute atomic E-state index is 0.00327. The summed E-state index contributed by atoms with van der Waals surface area (Å²) in [7, 11) is 0. The number of carbonyl (C=O) groups excluding carboxylic acids is 2. The van der Waals surface area contributed by atoms with E-state index in [1.165, 1.54) is 11.8 Å². The van der Waals surface area contributed by atoms with Gasteiger partial charge in [-0.1, -0.05) is 42.5 Å². The summed E-state index contributed by atoms with van der Waals surface area (Å²) in [5, 5.41) is -0.262. The van der Waals surface area contributed by atoms with Gasteiger partial charge in [-0.05, 0) is 11.6 Å². The second-order valence-electron chi connectivity index (χ2n) is 6.54. The highest BCUT2D eigenvalue weighted by Crippen LogP contribution is 2.39. The number of fused-ring (bicyclic) bond motifs is 1. The maximum atomic E-state index is 12.8. The van der Waals surface area contributed by atoms with E-state index in [2.05, 4.69) is 4.99 Å². The zero-order valence-corrected chi connectivity index (χ0v) is 16.7. The van der Waals surface area contributed by atoms with Crippen LogP contribution < -0.4 is 0 Å². The fourth-order valence-electron chi connectivity index (χ4n) is 3.33. The Bertz CT molecular complexity index is 915. The first-order valence-electron chi connectivity index (χ1n) is 9.09. The van der Waals surface area contributed by atoms with Gasteiger partial charge in [-0.15, -0.1) is 23.4 Å². The monoisotopic (exact) mass is 414 g/mol. The average Bonchev–Trinajstić information content (AvgIpc) is 2.73. The molecule has 1 unspecified atom stereocenters. The Morgan fingerprint density at radius 2 is 2.00 bits per heavy atom. The molecule has 0 saturated carbocycles. The Morgan fingerprint density at radius 1 is 1.25 bits per heavy atom. The summed E-state index contributed by atoms with van der Waals surface area (Å²) in [5.41, 5.74) is 3.17. The van der Waals surface area contributed by atoms with E-state index in [-0.39, 0.29) is 22.9 Å². The molecular formula is C21H19ClN2O3S. The number of amides is 2. The number of rotatable bonds is 4. The van der Waals surface area contributed by atoms with Crippen molar-refractivity contribution in [1.29, 1.82) is 0 Å². The van der Waals surface area contributed by atoms with Crippen molar-refractivity contribution in [3.63, 3.8) is 0 Å². The highest BCUT2D eigenvalue weighted by Gasteiger charge is 2.30. The number of benzene rings is 1. The van der Waals surface area contributed by atoms with Crippen molar-refractivity contribution in [3.8, 4) is 0 Å². The van der Waals surface area contributed by atoms with E-state index in [9.17, 15) is 9.59 Å². The van der Waals surface area contributed by atoms with Gasteiger partial charge in [-0.2, -0.15) is 0 Å². The predicted molar refractivity (Wildman–Crippen MR) is 113 cm³/mol. The van der Waals surface area contributed by atoms with E-state index < -0.39 is 0 Å². The first kappa shape index (κ1) is 19.2. The average molecular weight is 415 g/mol. The molecule has 0 spiro atoms. The van der Waals surface area contributed by atoms with Gasteiger partial charge in [0.1, 0.15) is 0 Å². The molecule has 0 N–H and O–H groups in total. The molecule has 0 bridgehead atoms. The lowest BCUT2D eigenvalue weighted by molar-refractivity contribution is -0.132. The molecule has 28 heavy (non-hydrogen) atoms. The van der Waals surface area contributed by atoms with Gasteiger partial charge in [-0.3, -0.25) is 9.59 Å². The highest BCUT2D eigenvalue weighted by molar-refractivity contribution is 8.04. The zero-order valence-electron chi connectivity index (χ0n) is 15.1. The molecule has 5 nitrogen and oxygen atoms in total. The number of carbonyl (C=O) groups is 2. The third-order valence-electron chi connectivity index (χ3n) is 4.72. The number of hydrogen-bond donors (Lipinski definition) is 0. The fourth-order valence-corrected chi connectivity index (χ4v) is 4.52. The number of aliphatic imine (C=N–C) groups is 1. The van der Waals surface area contributed by atoms with Crippen LogP contribution in [0.5, 0.6) is 0 Å². The molecule has 7 heteroatoms. The summed E-state index contributed by atoms with van der Waals surface area (Å²) in [4.78, 5) is 31.8. The van der Waals surface area contributed by atoms with Gasteiger partial charge < -0.3 is 9.64 Å². The molecule has 1 aliphatic carbocycles. The molecule has 1 fully saturated rings. The van der Waals surface area contributed by atoms with Gasteiger partial charge >= 0.3 is 0 Å². The van der Waals surface area contributed by atoms with Gasteiger partial charge in [0.05, 0.1) is 35.0 Å². The smallest absolute Gasteiger partial charge is 0.284 e. The van der Waals surface area contributed by atoms with Crippen molar-refractivity contribution in [2.75, 3.05) is 32.1 Å². The standard InChI is InChI=1S/C21H19ClN2O3S/c22-15-6-7-17-16(12-15)19(14-4-2-1-3-5-14)20(21(26)23-17)28-13-18(25)24-8-10-27-11-9-24/h1-7,12,15H,8-11,13H2. The van der Waals surface area contributed by atoms with Crippen molar-refractivity contribution < 1.29 is 14.3 Å². The second-order valence-corrected chi connectivity index (χ2v) is 8.03. The number of alkyl halides is 1. The largest absolute Gasteiger partial charge is 0.378 e. The van der Waals surface area contributed by atoms with E-state index in [0.717, 1.165) is 16.7 Å². The lowest BCUT2D eigenvalue weighted by Gasteiger charge is -2.27. The molecule has 1 aromatic rings. The van der Waals surface area contributed by atoms with Crippen LogP contribution in [0.4, 0.5) is 0 Å². The molecule has 2 amide bonds. The van der Waals surface area contributed by atoms with Crippen molar-refractivity contribution in [1.82, 2.24) is 4.90 Å². The number of thioether (sulfide) groups is 1. The van der Waals surface area contributed by atoms with Crippen LogP contribution in [-0.4, -0.2) is 59.9 Å². The maximum absolute atomic E-state index is 12.8.